The summed E-state index contributed by atoms with van der Waals surface area (Å²) >= 11 is 1.57. The summed E-state index contributed by atoms with van der Waals surface area (Å²) in [7, 11) is 0. The minimum absolute atomic E-state index is 0.149. The molecule has 0 unspecified atom stereocenters. The Morgan fingerprint density at radius 2 is 2.17 bits per heavy atom. The highest BCUT2D eigenvalue weighted by atomic mass is 32.1. The van der Waals surface area contributed by atoms with Crippen LogP contribution in [-0.2, 0) is 6.61 Å². The summed E-state index contributed by atoms with van der Waals surface area (Å²) in [5.74, 6) is 0.658. The quantitative estimate of drug-likeness (QED) is 0.822. The molecule has 0 aliphatic heterocycles. The van der Waals surface area contributed by atoms with Crippen LogP contribution >= 0.6 is 11.3 Å². The number of hydrogen-bond acceptors (Lipinski definition) is 3. The summed E-state index contributed by atoms with van der Waals surface area (Å²) in [6, 6.07) is 4.87. The first-order valence-electron chi connectivity index (χ1n) is 5.89. The first-order chi connectivity index (χ1) is 8.56. The third kappa shape index (κ3) is 3.07. The lowest BCUT2D eigenvalue weighted by Gasteiger charge is -2.10. The normalized spacial score (nSPS) is 10.9. The molecule has 2 nitrogen and oxygen atoms in total. The van der Waals surface area contributed by atoms with E-state index in [1.54, 1.807) is 23.5 Å². The fraction of sp³-hybridized carbons (Fsp3) is 0.357. The monoisotopic (exact) mass is 265 g/mol. The molecule has 18 heavy (non-hydrogen) atoms. The minimum atomic E-state index is -0.178. The molecule has 0 fully saturated rings. The summed E-state index contributed by atoms with van der Waals surface area (Å²) in [5.41, 5.74) is 1.68. The molecule has 1 aromatic heterocycles. The Kier molecular flexibility index (Phi) is 3.97. The lowest BCUT2D eigenvalue weighted by Crippen LogP contribution is -1.98. The Hall–Kier alpha value is -1.42. The van der Waals surface area contributed by atoms with Gasteiger partial charge in [-0.05, 0) is 36.6 Å². The zero-order chi connectivity index (χ0) is 13.1. The molecule has 0 saturated heterocycles. The molecule has 96 valence electrons. The van der Waals surface area contributed by atoms with E-state index in [0.29, 0.717) is 17.9 Å². The van der Waals surface area contributed by atoms with E-state index in [9.17, 15) is 4.39 Å². The number of halogens is 1. The van der Waals surface area contributed by atoms with Crippen LogP contribution in [0, 0.1) is 12.7 Å². The Morgan fingerprint density at radius 1 is 1.39 bits per heavy atom. The molecular weight excluding hydrogens is 249 g/mol. The largest absolute Gasteiger partial charge is 0.486 e. The zero-order valence-electron chi connectivity index (χ0n) is 10.7. The Morgan fingerprint density at radius 3 is 2.78 bits per heavy atom. The Labute approximate surface area is 110 Å². The third-order valence-electron chi connectivity index (χ3n) is 2.62. The molecule has 2 rings (SSSR count). The summed E-state index contributed by atoms with van der Waals surface area (Å²) < 4.78 is 19.2. The van der Waals surface area contributed by atoms with Crippen molar-refractivity contribution in [3.05, 3.63) is 45.7 Å². The highest BCUT2D eigenvalue weighted by Crippen LogP contribution is 2.24. The molecule has 1 aromatic carbocycles. The summed E-state index contributed by atoms with van der Waals surface area (Å²) in [6.07, 6.45) is 0. The first kappa shape index (κ1) is 13.0. The SMILES string of the molecule is Cc1csc(COc2ccc(F)c(C(C)C)c2)n1. The summed E-state index contributed by atoms with van der Waals surface area (Å²) in [5, 5.41) is 2.92. The van der Waals surface area contributed by atoms with Crippen molar-refractivity contribution in [2.75, 3.05) is 0 Å². The molecule has 0 saturated carbocycles. The van der Waals surface area contributed by atoms with Gasteiger partial charge in [-0.2, -0.15) is 0 Å². The van der Waals surface area contributed by atoms with Crippen LogP contribution in [-0.4, -0.2) is 4.98 Å². The van der Waals surface area contributed by atoms with Crippen molar-refractivity contribution in [3.63, 3.8) is 0 Å². The Bertz CT molecular complexity index is 536. The van der Waals surface area contributed by atoms with Gasteiger partial charge in [-0.15, -0.1) is 11.3 Å². The van der Waals surface area contributed by atoms with Crippen molar-refractivity contribution in [2.24, 2.45) is 0 Å². The van der Waals surface area contributed by atoms with Gasteiger partial charge in [0.05, 0.1) is 0 Å². The van der Waals surface area contributed by atoms with Crippen LogP contribution < -0.4 is 4.74 Å². The van der Waals surface area contributed by atoms with E-state index in [2.05, 4.69) is 4.98 Å². The lowest BCUT2D eigenvalue weighted by atomic mass is 10.0. The third-order valence-corrected chi connectivity index (χ3v) is 3.56. The summed E-state index contributed by atoms with van der Waals surface area (Å²) in [4.78, 5) is 4.32. The van der Waals surface area contributed by atoms with Crippen LogP contribution in [0.3, 0.4) is 0 Å². The molecule has 0 aliphatic rings. The molecule has 0 amide bonds. The predicted octanol–water partition coefficient (Wildman–Crippen LogP) is 4.29. The van der Waals surface area contributed by atoms with Gasteiger partial charge in [0.2, 0.25) is 0 Å². The lowest BCUT2D eigenvalue weighted by molar-refractivity contribution is 0.304. The molecule has 0 aliphatic carbocycles. The van der Waals surface area contributed by atoms with Crippen LogP contribution in [0.4, 0.5) is 4.39 Å². The van der Waals surface area contributed by atoms with Crippen molar-refractivity contribution >= 4 is 11.3 Å². The Balaban J connectivity index is 2.08. The number of aromatic nitrogens is 1. The van der Waals surface area contributed by atoms with Crippen LogP contribution in [0.15, 0.2) is 23.6 Å². The molecule has 0 radical (unpaired) electrons. The number of hydrogen-bond donors (Lipinski definition) is 0. The predicted molar refractivity (Wildman–Crippen MR) is 71.7 cm³/mol. The number of benzene rings is 1. The molecule has 1 heterocycles. The molecule has 0 spiro atoms. The fourth-order valence-electron chi connectivity index (χ4n) is 1.67. The van der Waals surface area contributed by atoms with E-state index < -0.39 is 0 Å². The maximum absolute atomic E-state index is 13.5. The average Bonchev–Trinajstić information content (AvgIpc) is 2.74. The topological polar surface area (TPSA) is 22.1 Å². The fourth-order valence-corrected chi connectivity index (χ4v) is 2.35. The van der Waals surface area contributed by atoms with Crippen LogP contribution in [0.5, 0.6) is 5.75 Å². The van der Waals surface area contributed by atoms with Gasteiger partial charge in [-0.25, -0.2) is 9.37 Å². The molecule has 2 aromatic rings. The van der Waals surface area contributed by atoms with Crippen molar-refractivity contribution in [2.45, 2.75) is 33.3 Å². The van der Waals surface area contributed by atoms with E-state index in [-0.39, 0.29) is 11.7 Å². The smallest absolute Gasteiger partial charge is 0.140 e. The van der Waals surface area contributed by atoms with Crippen molar-refractivity contribution in [1.29, 1.82) is 0 Å². The highest BCUT2D eigenvalue weighted by molar-refractivity contribution is 7.09. The standard InChI is InChI=1S/C14H16FNOS/c1-9(2)12-6-11(4-5-13(12)15)17-7-14-16-10(3)8-18-14/h4-6,8-9H,7H2,1-3H3. The van der Waals surface area contributed by atoms with Crippen molar-refractivity contribution in [1.82, 2.24) is 4.98 Å². The van der Waals surface area contributed by atoms with Crippen LogP contribution in [0.1, 0.15) is 36.0 Å². The van der Waals surface area contributed by atoms with E-state index in [4.69, 9.17) is 4.74 Å². The van der Waals surface area contributed by atoms with E-state index in [1.807, 2.05) is 26.2 Å². The highest BCUT2D eigenvalue weighted by Gasteiger charge is 2.08. The molecule has 0 N–H and O–H groups in total. The van der Waals surface area contributed by atoms with Gasteiger partial charge < -0.3 is 4.74 Å². The van der Waals surface area contributed by atoms with Gasteiger partial charge in [0.1, 0.15) is 23.2 Å². The maximum Gasteiger partial charge on any atom is 0.140 e. The minimum Gasteiger partial charge on any atom is -0.486 e. The zero-order valence-corrected chi connectivity index (χ0v) is 11.6. The maximum atomic E-state index is 13.5. The van der Waals surface area contributed by atoms with Gasteiger partial charge >= 0.3 is 0 Å². The number of ether oxygens (including phenoxy) is 1. The van der Waals surface area contributed by atoms with Crippen LogP contribution in [0.2, 0.25) is 0 Å². The number of rotatable bonds is 4. The van der Waals surface area contributed by atoms with E-state index >= 15 is 0 Å². The second-order valence-corrected chi connectivity index (χ2v) is 5.45. The molecule has 0 bridgehead atoms. The number of thiazole rings is 1. The number of nitrogens with zero attached hydrogens (tertiary/aromatic N) is 1. The number of aryl methyl sites for hydroxylation is 1. The van der Waals surface area contributed by atoms with E-state index in [1.165, 1.54) is 6.07 Å². The van der Waals surface area contributed by atoms with Gasteiger partial charge in [-0.1, -0.05) is 13.8 Å². The van der Waals surface area contributed by atoms with Gasteiger partial charge in [0, 0.05) is 11.1 Å². The van der Waals surface area contributed by atoms with Crippen molar-refractivity contribution < 1.29 is 9.13 Å². The summed E-state index contributed by atoms with van der Waals surface area (Å²) in [6.45, 7) is 6.31. The second kappa shape index (κ2) is 5.48. The molecule has 0 atom stereocenters. The molecular formula is C14H16FNOS. The first-order valence-corrected chi connectivity index (χ1v) is 6.77. The van der Waals surface area contributed by atoms with Gasteiger partial charge in [-0.3, -0.25) is 0 Å². The second-order valence-electron chi connectivity index (χ2n) is 4.51. The van der Waals surface area contributed by atoms with Gasteiger partial charge in [0.15, 0.2) is 0 Å². The van der Waals surface area contributed by atoms with E-state index in [0.717, 1.165) is 10.7 Å². The van der Waals surface area contributed by atoms with Crippen molar-refractivity contribution in [3.8, 4) is 5.75 Å². The van der Waals surface area contributed by atoms with Gasteiger partial charge in [0.25, 0.3) is 0 Å². The molecule has 4 heteroatoms. The average molecular weight is 265 g/mol. The van der Waals surface area contributed by atoms with Crippen LogP contribution in [0.25, 0.3) is 0 Å².